The van der Waals surface area contributed by atoms with E-state index in [1.807, 2.05) is 20.0 Å². The van der Waals surface area contributed by atoms with Crippen LogP contribution in [0.5, 0.6) is 5.88 Å². The number of likely N-dealkylation sites (tertiary alicyclic amines) is 1. The lowest BCUT2D eigenvalue weighted by Gasteiger charge is -2.24. The van der Waals surface area contributed by atoms with Crippen molar-refractivity contribution in [1.82, 2.24) is 19.7 Å². The number of amides is 1. The second-order valence-electron chi connectivity index (χ2n) is 6.05. The topological polar surface area (TPSA) is 72.3 Å². The number of carbonyl (C=O) groups excluding carboxylic acids is 1. The highest BCUT2D eigenvalue weighted by molar-refractivity contribution is 5.92. The molecule has 1 N–H and O–H groups in total. The molecule has 24 heavy (non-hydrogen) atoms. The highest BCUT2D eigenvalue weighted by atomic mass is 16.5. The zero-order valence-corrected chi connectivity index (χ0v) is 14.3. The molecule has 1 fully saturated rings. The molecule has 2 aromatic rings. The average Bonchev–Trinajstić information content (AvgIpc) is 3.11. The number of aromatic nitrogens is 3. The number of pyridine rings is 1. The Hall–Kier alpha value is -2.41. The number of anilines is 1. The van der Waals surface area contributed by atoms with Crippen molar-refractivity contribution in [3.8, 4) is 5.88 Å². The van der Waals surface area contributed by atoms with Gasteiger partial charge >= 0.3 is 0 Å². The van der Waals surface area contributed by atoms with E-state index >= 15 is 0 Å². The first kappa shape index (κ1) is 16.4. The Kier molecular flexibility index (Phi) is 4.80. The van der Waals surface area contributed by atoms with E-state index in [-0.39, 0.29) is 11.9 Å². The monoisotopic (exact) mass is 329 g/mol. The van der Waals surface area contributed by atoms with Crippen molar-refractivity contribution in [2.75, 3.05) is 25.5 Å². The van der Waals surface area contributed by atoms with Gasteiger partial charge in [0.25, 0.3) is 0 Å². The molecule has 2 aromatic heterocycles. The summed E-state index contributed by atoms with van der Waals surface area (Å²) in [6.45, 7) is 3.23. The lowest BCUT2D eigenvalue weighted by molar-refractivity contribution is -0.117. The summed E-state index contributed by atoms with van der Waals surface area (Å²) >= 11 is 0. The number of rotatable bonds is 5. The van der Waals surface area contributed by atoms with Gasteiger partial charge in [0.05, 0.1) is 36.8 Å². The Balaban J connectivity index is 1.73. The number of methoxy groups -OCH3 is 1. The SMILES string of the molecule is COc1c([C@H]2CCCN2CC(=O)Nc2cccnc2)c(C)nn1C. The molecule has 3 heterocycles. The fraction of sp³-hybridized carbons (Fsp3) is 0.471. The van der Waals surface area contributed by atoms with Gasteiger partial charge in [-0.1, -0.05) is 0 Å². The molecule has 0 bridgehead atoms. The summed E-state index contributed by atoms with van der Waals surface area (Å²) in [5.74, 6) is 0.743. The van der Waals surface area contributed by atoms with Gasteiger partial charge in [0.1, 0.15) is 0 Å². The van der Waals surface area contributed by atoms with Crippen LogP contribution in [-0.4, -0.2) is 45.8 Å². The lowest BCUT2D eigenvalue weighted by Crippen LogP contribution is -2.33. The summed E-state index contributed by atoms with van der Waals surface area (Å²) < 4.78 is 7.28. The van der Waals surface area contributed by atoms with Gasteiger partial charge in [0, 0.05) is 19.3 Å². The van der Waals surface area contributed by atoms with Crippen LogP contribution in [0, 0.1) is 6.92 Å². The van der Waals surface area contributed by atoms with E-state index in [0.29, 0.717) is 12.2 Å². The van der Waals surface area contributed by atoms with Crippen molar-refractivity contribution >= 4 is 11.6 Å². The smallest absolute Gasteiger partial charge is 0.238 e. The number of nitrogens with one attached hydrogen (secondary N) is 1. The molecule has 3 rings (SSSR count). The van der Waals surface area contributed by atoms with E-state index in [0.717, 1.165) is 36.5 Å². The summed E-state index contributed by atoms with van der Waals surface area (Å²) in [6.07, 6.45) is 5.39. The molecule has 1 aliphatic heterocycles. The number of nitrogens with zero attached hydrogens (tertiary/aromatic N) is 4. The van der Waals surface area contributed by atoms with Gasteiger partial charge in [0.15, 0.2) is 0 Å². The molecule has 0 unspecified atom stereocenters. The molecule has 1 saturated heterocycles. The third kappa shape index (κ3) is 3.26. The van der Waals surface area contributed by atoms with Crippen LogP contribution in [0.25, 0.3) is 0 Å². The standard InChI is InChI=1S/C17H23N5O2/c1-12-16(17(24-3)21(2)20-12)14-7-5-9-22(14)11-15(23)19-13-6-4-8-18-10-13/h4,6,8,10,14H,5,7,9,11H2,1-3H3,(H,19,23)/t14-/m1/s1. The highest BCUT2D eigenvalue weighted by Crippen LogP contribution is 2.38. The summed E-state index contributed by atoms with van der Waals surface area (Å²) in [4.78, 5) is 18.6. The Morgan fingerprint density at radius 1 is 1.50 bits per heavy atom. The molecule has 0 radical (unpaired) electrons. The van der Waals surface area contributed by atoms with Gasteiger partial charge in [-0.05, 0) is 38.4 Å². The van der Waals surface area contributed by atoms with Crippen LogP contribution in [0.1, 0.15) is 30.1 Å². The normalized spacial score (nSPS) is 17.9. The summed E-state index contributed by atoms with van der Waals surface area (Å²) in [6, 6.07) is 3.80. The molecule has 1 amide bonds. The predicted octanol–water partition coefficient (Wildman–Crippen LogP) is 1.91. The van der Waals surface area contributed by atoms with E-state index in [1.54, 1.807) is 30.3 Å². The Morgan fingerprint density at radius 3 is 3.04 bits per heavy atom. The molecule has 7 nitrogen and oxygen atoms in total. The number of aryl methyl sites for hydroxylation is 2. The Labute approximate surface area is 141 Å². The van der Waals surface area contributed by atoms with E-state index in [4.69, 9.17) is 4.74 Å². The molecule has 0 aliphatic carbocycles. The maximum atomic E-state index is 12.4. The fourth-order valence-corrected chi connectivity index (χ4v) is 3.44. The average molecular weight is 329 g/mol. The minimum atomic E-state index is -0.0320. The van der Waals surface area contributed by atoms with E-state index in [2.05, 4.69) is 20.3 Å². The molecule has 128 valence electrons. The van der Waals surface area contributed by atoms with Crippen molar-refractivity contribution in [2.24, 2.45) is 7.05 Å². The van der Waals surface area contributed by atoms with Crippen LogP contribution in [0.2, 0.25) is 0 Å². The van der Waals surface area contributed by atoms with Crippen molar-refractivity contribution in [3.05, 3.63) is 35.8 Å². The minimum Gasteiger partial charge on any atom is -0.481 e. The lowest BCUT2D eigenvalue weighted by atomic mass is 10.1. The second kappa shape index (κ2) is 7.00. The van der Waals surface area contributed by atoms with E-state index in [1.165, 1.54) is 0 Å². The van der Waals surface area contributed by atoms with Crippen LogP contribution in [0.15, 0.2) is 24.5 Å². The van der Waals surface area contributed by atoms with Crippen molar-refractivity contribution in [1.29, 1.82) is 0 Å². The van der Waals surface area contributed by atoms with Crippen LogP contribution in [0.3, 0.4) is 0 Å². The van der Waals surface area contributed by atoms with Crippen LogP contribution < -0.4 is 10.1 Å². The number of carbonyl (C=O) groups is 1. The maximum Gasteiger partial charge on any atom is 0.238 e. The second-order valence-corrected chi connectivity index (χ2v) is 6.05. The van der Waals surface area contributed by atoms with Crippen molar-refractivity contribution in [3.63, 3.8) is 0 Å². The van der Waals surface area contributed by atoms with Gasteiger partial charge in [-0.3, -0.25) is 14.7 Å². The van der Waals surface area contributed by atoms with Gasteiger partial charge in [0.2, 0.25) is 11.8 Å². The van der Waals surface area contributed by atoms with Gasteiger partial charge in [-0.2, -0.15) is 5.10 Å². The highest BCUT2D eigenvalue weighted by Gasteiger charge is 2.33. The first-order chi connectivity index (χ1) is 11.6. The molecule has 1 atom stereocenters. The van der Waals surface area contributed by atoms with Crippen LogP contribution in [-0.2, 0) is 11.8 Å². The molecule has 0 aromatic carbocycles. The number of hydrogen-bond acceptors (Lipinski definition) is 5. The maximum absolute atomic E-state index is 12.4. The zero-order chi connectivity index (χ0) is 17.1. The quantitative estimate of drug-likeness (QED) is 0.907. The van der Waals surface area contributed by atoms with Gasteiger partial charge in [-0.15, -0.1) is 0 Å². The van der Waals surface area contributed by atoms with E-state index < -0.39 is 0 Å². The van der Waals surface area contributed by atoms with Crippen LogP contribution in [0.4, 0.5) is 5.69 Å². The first-order valence-corrected chi connectivity index (χ1v) is 8.11. The van der Waals surface area contributed by atoms with Gasteiger partial charge in [-0.25, -0.2) is 4.68 Å². The number of ether oxygens (including phenoxy) is 1. The summed E-state index contributed by atoms with van der Waals surface area (Å²) in [7, 11) is 3.54. The number of hydrogen-bond donors (Lipinski definition) is 1. The van der Waals surface area contributed by atoms with E-state index in [9.17, 15) is 4.79 Å². The van der Waals surface area contributed by atoms with Crippen LogP contribution >= 0.6 is 0 Å². The fourth-order valence-electron chi connectivity index (χ4n) is 3.44. The Bertz CT molecular complexity index is 713. The molecule has 1 aliphatic rings. The van der Waals surface area contributed by atoms with Gasteiger partial charge < -0.3 is 10.1 Å². The van der Waals surface area contributed by atoms with Crippen molar-refractivity contribution < 1.29 is 9.53 Å². The molecular formula is C17H23N5O2. The molecule has 7 heteroatoms. The molecule has 0 saturated carbocycles. The molecule has 0 spiro atoms. The summed E-state index contributed by atoms with van der Waals surface area (Å²) in [5, 5.41) is 7.36. The predicted molar refractivity (Wildman–Crippen MR) is 90.9 cm³/mol. The van der Waals surface area contributed by atoms with Crippen molar-refractivity contribution in [2.45, 2.75) is 25.8 Å². The summed E-state index contributed by atoms with van der Waals surface area (Å²) in [5.41, 5.74) is 2.76. The molecular weight excluding hydrogens is 306 g/mol. The third-order valence-corrected chi connectivity index (χ3v) is 4.40. The minimum absolute atomic E-state index is 0.0320. The largest absolute Gasteiger partial charge is 0.481 e. The first-order valence-electron chi connectivity index (χ1n) is 8.11. The zero-order valence-electron chi connectivity index (χ0n) is 14.3. The Morgan fingerprint density at radius 2 is 2.33 bits per heavy atom. The third-order valence-electron chi connectivity index (χ3n) is 4.40.